The first-order valence-corrected chi connectivity index (χ1v) is 6.40. The van der Waals surface area contributed by atoms with Gasteiger partial charge in [0.15, 0.2) is 0 Å². The number of carbonyl (C=O) groups excluding carboxylic acids is 1. The maximum absolute atomic E-state index is 12.0. The van der Waals surface area contributed by atoms with E-state index < -0.39 is 0 Å². The molecule has 1 unspecified atom stereocenters. The normalized spacial score (nSPS) is 22.4. The van der Waals surface area contributed by atoms with Gasteiger partial charge < -0.3 is 5.32 Å². The van der Waals surface area contributed by atoms with Gasteiger partial charge in [0.25, 0.3) is 5.91 Å². The van der Waals surface area contributed by atoms with Crippen LogP contribution in [0.4, 0.5) is 0 Å². The van der Waals surface area contributed by atoms with Gasteiger partial charge in [-0.3, -0.25) is 4.79 Å². The summed E-state index contributed by atoms with van der Waals surface area (Å²) in [6.07, 6.45) is 3.30. The summed E-state index contributed by atoms with van der Waals surface area (Å²) in [4.78, 5) is 12.0. The molecule has 1 saturated carbocycles. The lowest BCUT2D eigenvalue weighted by Crippen LogP contribution is -2.33. The molecule has 0 bridgehead atoms. The number of carbonyl (C=O) groups is 1. The van der Waals surface area contributed by atoms with E-state index in [1.54, 1.807) is 24.3 Å². The van der Waals surface area contributed by atoms with Crippen molar-refractivity contribution in [1.29, 1.82) is 0 Å². The van der Waals surface area contributed by atoms with E-state index in [0.29, 0.717) is 22.0 Å². The highest BCUT2D eigenvalue weighted by atomic mass is 35.5. The SMILES string of the molecule is CC1(C)CCC(NC(=O)c2cccc(Cl)c2)C1. The van der Waals surface area contributed by atoms with Gasteiger partial charge in [-0.1, -0.05) is 31.5 Å². The van der Waals surface area contributed by atoms with E-state index >= 15 is 0 Å². The molecule has 1 aliphatic rings. The number of amides is 1. The molecule has 1 fully saturated rings. The number of benzene rings is 1. The molecule has 0 aliphatic heterocycles. The molecule has 1 aliphatic carbocycles. The summed E-state index contributed by atoms with van der Waals surface area (Å²) in [6.45, 7) is 4.50. The number of halogens is 1. The van der Waals surface area contributed by atoms with Crippen molar-refractivity contribution in [3.63, 3.8) is 0 Å². The molecule has 1 aromatic rings. The third-order valence-electron chi connectivity index (χ3n) is 3.39. The van der Waals surface area contributed by atoms with Gasteiger partial charge in [0.2, 0.25) is 0 Å². The van der Waals surface area contributed by atoms with Crippen LogP contribution in [0.15, 0.2) is 24.3 Å². The van der Waals surface area contributed by atoms with Crippen molar-refractivity contribution in [2.75, 3.05) is 0 Å². The fourth-order valence-corrected chi connectivity index (χ4v) is 2.65. The highest BCUT2D eigenvalue weighted by molar-refractivity contribution is 6.30. The molecular formula is C14H18ClNO. The molecule has 0 saturated heterocycles. The molecule has 92 valence electrons. The molecule has 0 aromatic heterocycles. The van der Waals surface area contributed by atoms with Gasteiger partial charge in [-0.25, -0.2) is 0 Å². The minimum Gasteiger partial charge on any atom is -0.349 e. The van der Waals surface area contributed by atoms with Crippen molar-refractivity contribution in [2.45, 2.75) is 39.2 Å². The summed E-state index contributed by atoms with van der Waals surface area (Å²) in [5.74, 6) is -0.0183. The van der Waals surface area contributed by atoms with Crippen LogP contribution >= 0.6 is 11.6 Å². The lowest BCUT2D eigenvalue weighted by atomic mass is 9.92. The second kappa shape index (κ2) is 4.69. The van der Waals surface area contributed by atoms with Crippen LogP contribution in [0, 0.1) is 5.41 Å². The van der Waals surface area contributed by atoms with Crippen LogP contribution in [0.1, 0.15) is 43.5 Å². The van der Waals surface area contributed by atoms with Gasteiger partial charge in [-0.05, 0) is 42.9 Å². The van der Waals surface area contributed by atoms with E-state index in [-0.39, 0.29) is 5.91 Å². The van der Waals surface area contributed by atoms with Crippen LogP contribution in [0.25, 0.3) is 0 Å². The molecule has 1 amide bonds. The highest BCUT2D eigenvalue weighted by Crippen LogP contribution is 2.36. The lowest BCUT2D eigenvalue weighted by Gasteiger charge is -2.17. The van der Waals surface area contributed by atoms with Crippen LogP contribution < -0.4 is 5.32 Å². The summed E-state index contributed by atoms with van der Waals surface area (Å²) < 4.78 is 0. The topological polar surface area (TPSA) is 29.1 Å². The van der Waals surface area contributed by atoms with Crippen molar-refractivity contribution >= 4 is 17.5 Å². The molecule has 0 radical (unpaired) electrons. The Morgan fingerprint density at radius 2 is 2.24 bits per heavy atom. The van der Waals surface area contributed by atoms with Crippen molar-refractivity contribution in [1.82, 2.24) is 5.32 Å². The standard InChI is InChI=1S/C14H18ClNO/c1-14(2)7-6-12(9-14)16-13(17)10-4-3-5-11(15)8-10/h3-5,8,12H,6-7,9H2,1-2H3,(H,16,17). The van der Waals surface area contributed by atoms with Gasteiger partial charge in [0, 0.05) is 16.6 Å². The van der Waals surface area contributed by atoms with Gasteiger partial charge in [0.05, 0.1) is 0 Å². The van der Waals surface area contributed by atoms with Gasteiger partial charge >= 0.3 is 0 Å². The molecule has 1 atom stereocenters. The van der Waals surface area contributed by atoms with E-state index in [1.807, 2.05) is 0 Å². The molecule has 1 aromatic carbocycles. The summed E-state index contributed by atoms with van der Waals surface area (Å²) in [7, 11) is 0. The molecule has 0 spiro atoms. The Bertz CT molecular complexity index is 428. The van der Waals surface area contributed by atoms with Crippen molar-refractivity contribution < 1.29 is 4.79 Å². The number of hydrogen-bond donors (Lipinski definition) is 1. The second-order valence-electron chi connectivity index (χ2n) is 5.59. The number of hydrogen-bond acceptors (Lipinski definition) is 1. The lowest BCUT2D eigenvalue weighted by molar-refractivity contribution is 0.0936. The first kappa shape index (κ1) is 12.4. The second-order valence-corrected chi connectivity index (χ2v) is 6.02. The van der Waals surface area contributed by atoms with E-state index in [9.17, 15) is 4.79 Å². The number of rotatable bonds is 2. The van der Waals surface area contributed by atoms with Crippen molar-refractivity contribution in [3.05, 3.63) is 34.9 Å². The summed E-state index contributed by atoms with van der Waals surface area (Å²) in [5, 5.41) is 3.68. The molecule has 3 heteroatoms. The van der Waals surface area contributed by atoms with Gasteiger partial charge in [0.1, 0.15) is 0 Å². The van der Waals surface area contributed by atoms with Crippen LogP contribution in [0.5, 0.6) is 0 Å². The summed E-state index contributed by atoms with van der Waals surface area (Å²) in [5.41, 5.74) is 0.994. The Kier molecular flexibility index (Phi) is 3.43. The minimum absolute atomic E-state index is 0.0183. The van der Waals surface area contributed by atoms with Crippen molar-refractivity contribution in [2.24, 2.45) is 5.41 Å². The molecule has 17 heavy (non-hydrogen) atoms. The van der Waals surface area contributed by atoms with Crippen LogP contribution in [-0.4, -0.2) is 11.9 Å². The van der Waals surface area contributed by atoms with E-state index in [0.717, 1.165) is 12.8 Å². The van der Waals surface area contributed by atoms with Crippen LogP contribution in [0.2, 0.25) is 5.02 Å². The predicted molar refractivity (Wildman–Crippen MR) is 70.3 cm³/mol. The first-order valence-electron chi connectivity index (χ1n) is 6.03. The fraction of sp³-hybridized carbons (Fsp3) is 0.500. The average molecular weight is 252 g/mol. The maximum atomic E-state index is 12.0. The van der Waals surface area contributed by atoms with Gasteiger partial charge in [-0.2, -0.15) is 0 Å². The molecule has 2 nitrogen and oxygen atoms in total. The zero-order valence-electron chi connectivity index (χ0n) is 10.3. The van der Waals surface area contributed by atoms with E-state index in [2.05, 4.69) is 19.2 Å². The molecule has 2 rings (SSSR count). The molecule has 1 N–H and O–H groups in total. The van der Waals surface area contributed by atoms with Crippen molar-refractivity contribution in [3.8, 4) is 0 Å². The van der Waals surface area contributed by atoms with Crippen LogP contribution in [0.3, 0.4) is 0 Å². The average Bonchev–Trinajstić information content (AvgIpc) is 2.58. The fourth-order valence-electron chi connectivity index (χ4n) is 2.46. The highest BCUT2D eigenvalue weighted by Gasteiger charge is 2.31. The maximum Gasteiger partial charge on any atom is 0.251 e. The smallest absolute Gasteiger partial charge is 0.251 e. The first-order chi connectivity index (χ1) is 7.96. The number of nitrogens with one attached hydrogen (secondary N) is 1. The quantitative estimate of drug-likeness (QED) is 0.854. The third-order valence-corrected chi connectivity index (χ3v) is 3.63. The Balaban J connectivity index is 1.98. The van der Waals surface area contributed by atoms with Crippen LogP contribution in [-0.2, 0) is 0 Å². The molecule has 0 heterocycles. The summed E-state index contributed by atoms with van der Waals surface area (Å²) >= 11 is 5.87. The van der Waals surface area contributed by atoms with E-state index in [1.165, 1.54) is 6.42 Å². The molecular weight excluding hydrogens is 234 g/mol. The Morgan fingerprint density at radius 1 is 1.47 bits per heavy atom. The van der Waals surface area contributed by atoms with Gasteiger partial charge in [-0.15, -0.1) is 0 Å². The zero-order valence-corrected chi connectivity index (χ0v) is 11.1. The zero-order chi connectivity index (χ0) is 12.5. The monoisotopic (exact) mass is 251 g/mol. The van der Waals surface area contributed by atoms with E-state index in [4.69, 9.17) is 11.6 Å². The Labute approximate surface area is 107 Å². The predicted octanol–water partition coefficient (Wildman–Crippen LogP) is 3.65. The Morgan fingerprint density at radius 3 is 2.82 bits per heavy atom. The third kappa shape index (κ3) is 3.22. The minimum atomic E-state index is -0.0183. The Hall–Kier alpha value is -1.02. The largest absolute Gasteiger partial charge is 0.349 e. The summed E-state index contributed by atoms with van der Waals surface area (Å²) in [6, 6.07) is 7.38.